The lowest BCUT2D eigenvalue weighted by molar-refractivity contribution is 0.0975. The summed E-state index contributed by atoms with van der Waals surface area (Å²) < 4.78 is 10.3. The van der Waals surface area contributed by atoms with Gasteiger partial charge in [0.05, 0.1) is 13.4 Å². The molecule has 0 aliphatic carbocycles. The first-order valence-electron chi connectivity index (χ1n) is 6.95. The van der Waals surface area contributed by atoms with E-state index in [9.17, 15) is 9.90 Å². The first-order valence-corrected chi connectivity index (χ1v) is 6.95. The molecular formula is C18H15NO4. The normalized spacial score (nSPS) is 10.5. The summed E-state index contributed by atoms with van der Waals surface area (Å²) in [5, 5.41) is 9.70. The Morgan fingerprint density at radius 3 is 2.57 bits per heavy atom. The second kappa shape index (κ2) is 5.88. The van der Waals surface area contributed by atoms with Crippen LogP contribution in [0, 0.1) is 0 Å². The highest BCUT2D eigenvalue weighted by molar-refractivity contribution is 5.97. The fraction of sp³-hybridized carbons (Fsp3) is 0.0556. The van der Waals surface area contributed by atoms with Gasteiger partial charge < -0.3 is 20.0 Å². The molecular weight excluding hydrogens is 294 g/mol. The summed E-state index contributed by atoms with van der Waals surface area (Å²) in [6.45, 7) is 0. The predicted octanol–water partition coefficient (Wildman–Crippen LogP) is 3.43. The van der Waals surface area contributed by atoms with Crippen LogP contribution in [0.2, 0.25) is 0 Å². The lowest BCUT2D eigenvalue weighted by atomic mass is 9.99. The van der Waals surface area contributed by atoms with Gasteiger partial charge in [0.25, 0.3) is 5.91 Å². The van der Waals surface area contributed by atoms with Crippen molar-refractivity contribution in [3.63, 3.8) is 0 Å². The van der Waals surface area contributed by atoms with E-state index in [1.54, 1.807) is 24.3 Å². The summed E-state index contributed by atoms with van der Waals surface area (Å²) in [5.41, 5.74) is 8.58. The quantitative estimate of drug-likeness (QED) is 0.773. The molecule has 116 valence electrons. The Balaban J connectivity index is 2.07. The number of nitrogens with two attached hydrogens (primary N) is 1. The number of hydrogen-bond acceptors (Lipinski definition) is 4. The van der Waals surface area contributed by atoms with Crippen LogP contribution in [0.1, 0.15) is 10.6 Å². The molecule has 0 aliphatic rings. The maximum Gasteiger partial charge on any atom is 0.285 e. The molecule has 1 amide bonds. The van der Waals surface area contributed by atoms with E-state index in [1.165, 1.54) is 13.4 Å². The van der Waals surface area contributed by atoms with E-state index in [0.717, 1.165) is 16.7 Å². The summed E-state index contributed by atoms with van der Waals surface area (Å²) in [7, 11) is 1.50. The van der Waals surface area contributed by atoms with Gasteiger partial charge >= 0.3 is 0 Å². The first kappa shape index (κ1) is 14.7. The van der Waals surface area contributed by atoms with Crippen molar-refractivity contribution in [3.05, 3.63) is 60.6 Å². The van der Waals surface area contributed by atoms with Crippen LogP contribution in [0.3, 0.4) is 0 Å². The van der Waals surface area contributed by atoms with Gasteiger partial charge in [0.2, 0.25) is 0 Å². The van der Waals surface area contributed by atoms with Gasteiger partial charge in [-0.2, -0.15) is 0 Å². The molecule has 3 N–H and O–H groups in total. The third kappa shape index (κ3) is 2.76. The number of rotatable bonds is 4. The van der Waals surface area contributed by atoms with Crippen LogP contribution >= 0.6 is 0 Å². The number of aromatic hydroxyl groups is 1. The number of hydrogen-bond donors (Lipinski definition) is 2. The third-order valence-corrected chi connectivity index (χ3v) is 3.58. The molecule has 0 saturated heterocycles. The van der Waals surface area contributed by atoms with E-state index in [4.69, 9.17) is 14.9 Å². The lowest BCUT2D eigenvalue weighted by Gasteiger charge is -2.08. The van der Waals surface area contributed by atoms with Gasteiger partial charge in [0.1, 0.15) is 0 Å². The summed E-state index contributed by atoms with van der Waals surface area (Å²) in [6.07, 6.45) is 1.44. The van der Waals surface area contributed by atoms with Crippen molar-refractivity contribution in [2.75, 3.05) is 7.11 Å². The molecule has 0 radical (unpaired) electrons. The molecule has 0 spiro atoms. The Bertz CT molecular complexity index is 867. The fourth-order valence-corrected chi connectivity index (χ4v) is 2.45. The second-order valence-corrected chi connectivity index (χ2v) is 5.00. The van der Waals surface area contributed by atoms with E-state index < -0.39 is 5.91 Å². The smallest absolute Gasteiger partial charge is 0.285 e. The molecule has 5 heteroatoms. The Morgan fingerprint density at radius 2 is 1.83 bits per heavy atom. The van der Waals surface area contributed by atoms with Crippen molar-refractivity contribution in [2.24, 2.45) is 5.73 Å². The molecule has 1 heterocycles. The van der Waals surface area contributed by atoms with Crippen LogP contribution in [-0.4, -0.2) is 18.1 Å². The van der Waals surface area contributed by atoms with Crippen LogP contribution in [0.5, 0.6) is 11.5 Å². The molecule has 1 aromatic heterocycles. The first-order chi connectivity index (χ1) is 11.1. The van der Waals surface area contributed by atoms with E-state index in [1.807, 2.05) is 24.3 Å². The molecule has 3 aromatic rings. The lowest BCUT2D eigenvalue weighted by Crippen LogP contribution is -2.10. The van der Waals surface area contributed by atoms with E-state index >= 15 is 0 Å². The maximum absolute atomic E-state index is 11.4. The molecule has 0 fully saturated rings. The van der Waals surface area contributed by atoms with Gasteiger partial charge in [-0.1, -0.05) is 24.3 Å². The average molecular weight is 309 g/mol. The van der Waals surface area contributed by atoms with E-state index in [-0.39, 0.29) is 11.5 Å². The van der Waals surface area contributed by atoms with Gasteiger partial charge in [0.15, 0.2) is 17.3 Å². The van der Waals surface area contributed by atoms with Crippen LogP contribution in [-0.2, 0) is 0 Å². The van der Waals surface area contributed by atoms with Crippen molar-refractivity contribution < 1.29 is 19.1 Å². The Hall–Kier alpha value is -3.21. The average Bonchev–Trinajstić information content (AvgIpc) is 3.05. The van der Waals surface area contributed by atoms with E-state index in [2.05, 4.69) is 0 Å². The summed E-state index contributed by atoms with van der Waals surface area (Å²) >= 11 is 0. The largest absolute Gasteiger partial charge is 0.504 e. The minimum absolute atomic E-state index is 0.0817. The highest BCUT2D eigenvalue weighted by Crippen LogP contribution is 2.33. The molecule has 3 rings (SSSR count). The zero-order valence-corrected chi connectivity index (χ0v) is 12.4. The number of carbonyl (C=O) groups is 1. The Labute approximate surface area is 132 Å². The van der Waals surface area contributed by atoms with Crippen LogP contribution in [0.25, 0.3) is 22.3 Å². The number of carbonyl (C=O) groups excluding carboxylic acids is 1. The van der Waals surface area contributed by atoms with Crippen LogP contribution < -0.4 is 10.5 Å². The predicted molar refractivity (Wildman–Crippen MR) is 86.3 cm³/mol. The number of methoxy groups -OCH3 is 1. The standard InChI is InChI=1S/C18H15NO4/c1-22-16-10-12(5-6-15(16)20)11-3-2-4-13(9-11)14-7-8-23-17(14)18(19)21/h2-10,20H,1H3,(H2,19,21). The van der Waals surface area contributed by atoms with Crippen molar-refractivity contribution in [2.45, 2.75) is 0 Å². The number of amides is 1. The molecule has 23 heavy (non-hydrogen) atoms. The monoisotopic (exact) mass is 309 g/mol. The van der Waals surface area contributed by atoms with Gasteiger partial charge in [-0.15, -0.1) is 0 Å². The highest BCUT2D eigenvalue weighted by Gasteiger charge is 2.14. The van der Waals surface area contributed by atoms with Gasteiger partial charge in [-0.25, -0.2) is 0 Å². The number of phenolic OH excluding ortho intramolecular Hbond substituents is 1. The summed E-state index contributed by atoms with van der Waals surface area (Å²) in [6, 6.07) is 14.4. The zero-order chi connectivity index (χ0) is 16.4. The van der Waals surface area contributed by atoms with Crippen molar-refractivity contribution in [3.8, 4) is 33.8 Å². The van der Waals surface area contributed by atoms with E-state index in [0.29, 0.717) is 11.3 Å². The van der Waals surface area contributed by atoms with Gasteiger partial charge in [-0.05, 0) is 41.0 Å². The number of benzene rings is 2. The molecule has 0 aliphatic heterocycles. The summed E-state index contributed by atoms with van der Waals surface area (Å²) in [5.74, 6) is -0.000523. The molecule has 5 nitrogen and oxygen atoms in total. The van der Waals surface area contributed by atoms with Crippen molar-refractivity contribution in [1.29, 1.82) is 0 Å². The molecule has 0 saturated carbocycles. The van der Waals surface area contributed by atoms with Gasteiger partial charge in [0, 0.05) is 5.56 Å². The minimum Gasteiger partial charge on any atom is -0.504 e. The van der Waals surface area contributed by atoms with Crippen molar-refractivity contribution >= 4 is 5.91 Å². The molecule has 2 aromatic carbocycles. The molecule has 0 atom stereocenters. The van der Waals surface area contributed by atoms with Gasteiger partial charge in [-0.3, -0.25) is 4.79 Å². The Morgan fingerprint density at radius 1 is 1.09 bits per heavy atom. The topological polar surface area (TPSA) is 85.7 Å². The van der Waals surface area contributed by atoms with Crippen LogP contribution in [0.4, 0.5) is 0 Å². The molecule has 0 bridgehead atoms. The highest BCUT2D eigenvalue weighted by atomic mass is 16.5. The number of phenols is 1. The van der Waals surface area contributed by atoms with Crippen LogP contribution in [0.15, 0.2) is 59.2 Å². The Kier molecular flexibility index (Phi) is 3.76. The SMILES string of the molecule is COc1cc(-c2cccc(-c3ccoc3C(N)=O)c2)ccc1O. The second-order valence-electron chi connectivity index (χ2n) is 5.00. The minimum atomic E-state index is -0.610. The fourth-order valence-electron chi connectivity index (χ4n) is 2.45. The third-order valence-electron chi connectivity index (χ3n) is 3.58. The van der Waals surface area contributed by atoms with Crippen molar-refractivity contribution in [1.82, 2.24) is 0 Å². The summed E-state index contributed by atoms with van der Waals surface area (Å²) in [4.78, 5) is 11.4. The molecule has 0 unspecified atom stereocenters. The number of primary amides is 1. The number of ether oxygens (including phenoxy) is 1. The zero-order valence-electron chi connectivity index (χ0n) is 12.4. The maximum atomic E-state index is 11.4. The number of furan rings is 1.